The number of aliphatic carboxylic acids is 1. The van der Waals surface area contributed by atoms with Gasteiger partial charge >= 0.3 is 17.8 Å². The van der Waals surface area contributed by atoms with Gasteiger partial charge in [0, 0.05) is 33.2 Å². The van der Waals surface area contributed by atoms with E-state index in [0.717, 1.165) is 30.7 Å². The molecule has 1 fully saturated rings. The topological polar surface area (TPSA) is 124 Å². The molecule has 0 saturated carbocycles. The minimum absolute atomic E-state index is 0.312. The van der Waals surface area contributed by atoms with Gasteiger partial charge in [0.25, 0.3) is 5.56 Å². The van der Waals surface area contributed by atoms with Gasteiger partial charge in [0.05, 0.1) is 18.8 Å². The first-order valence-electron chi connectivity index (χ1n) is 11.6. The molecule has 1 saturated heterocycles. The minimum atomic E-state index is -5.08. The van der Waals surface area contributed by atoms with Gasteiger partial charge in [-0.25, -0.2) is 14.2 Å². The molecule has 2 aromatic heterocycles. The van der Waals surface area contributed by atoms with Crippen molar-refractivity contribution < 1.29 is 27.8 Å². The predicted molar refractivity (Wildman–Crippen MR) is 134 cm³/mol. The number of piperazine rings is 1. The van der Waals surface area contributed by atoms with Crippen molar-refractivity contribution in [2.24, 2.45) is 7.05 Å². The fraction of sp³-hybridized carbons (Fsp3) is 0.417. The van der Waals surface area contributed by atoms with E-state index in [2.05, 4.69) is 22.1 Å². The van der Waals surface area contributed by atoms with Crippen LogP contribution in [0, 0.1) is 11.8 Å². The molecule has 204 valence electrons. The lowest BCUT2D eigenvalue weighted by molar-refractivity contribution is -0.192. The number of benzene rings is 1. The van der Waals surface area contributed by atoms with Gasteiger partial charge in [0.15, 0.2) is 11.2 Å². The van der Waals surface area contributed by atoms with Crippen molar-refractivity contribution in [3.8, 4) is 23.3 Å². The van der Waals surface area contributed by atoms with Gasteiger partial charge < -0.3 is 20.1 Å². The molecule has 2 N–H and O–H groups in total. The highest BCUT2D eigenvalue weighted by atomic mass is 19.4. The number of hydrogen-bond donors (Lipinski definition) is 2. The van der Waals surface area contributed by atoms with Gasteiger partial charge in [-0.1, -0.05) is 18.1 Å². The van der Waals surface area contributed by atoms with E-state index in [9.17, 15) is 22.8 Å². The van der Waals surface area contributed by atoms with Crippen molar-refractivity contribution in [1.82, 2.24) is 24.0 Å². The highest BCUT2D eigenvalue weighted by Gasteiger charge is 2.38. The minimum Gasteiger partial charge on any atom is -0.492 e. The van der Waals surface area contributed by atoms with Gasteiger partial charge in [-0.05, 0) is 26.0 Å². The summed E-state index contributed by atoms with van der Waals surface area (Å²) in [6.07, 6.45) is -5.08. The van der Waals surface area contributed by atoms with E-state index in [1.54, 1.807) is 19.1 Å². The number of carboxylic acids is 1. The van der Waals surface area contributed by atoms with Crippen LogP contribution in [0.15, 0.2) is 33.9 Å². The third kappa shape index (κ3) is 5.83. The van der Waals surface area contributed by atoms with Gasteiger partial charge in [-0.15, -0.1) is 5.92 Å². The summed E-state index contributed by atoms with van der Waals surface area (Å²) in [6.45, 7) is 7.56. The van der Waals surface area contributed by atoms with Gasteiger partial charge in [-0.2, -0.15) is 18.2 Å². The number of ether oxygens (including phenoxy) is 1. The molecule has 0 atom stereocenters. The van der Waals surface area contributed by atoms with Crippen LogP contribution >= 0.6 is 0 Å². The Balaban J connectivity index is 0.000000505. The third-order valence-corrected chi connectivity index (χ3v) is 5.59. The number of para-hydroxylation sites is 2. The van der Waals surface area contributed by atoms with Crippen molar-refractivity contribution in [2.75, 3.05) is 37.7 Å². The smallest absolute Gasteiger partial charge is 0.490 e. The molecule has 1 aliphatic rings. The third-order valence-electron chi connectivity index (χ3n) is 5.59. The number of aromatic nitrogens is 4. The van der Waals surface area contributed by atoms with Crippen LogP contribution in [0.25, 0.3) is 16.9 Å². The maximum atomic E-state index is 13.2. The summed E-state index contributed by atoms with van der Waals surface area (Å²) >= 11 is 0. The number of carbonyl (C=O) groups is 1. The van der Waals surface area contributed by atoms with E-state index in [4.69, 9.17) is 19.6 Å². The molecule has 0 radical (unpaired) electrons. The molecular formula is C24H27F3N6O5. The molecule has 11 nitrogen and oxygen atoms in total. The number of rotatable bonds is 5. The van der Waals surface area contributed by atoms with Crippen molar-refractivity contribution >= 4 is 23.1 Å². The summed E-state index contributed by atoms with van der Waals surface area (Å²) in [4.78, 5) is 42.3. The summed E-state index contributed by atoms with van der Waals surface area (Å²) in [5, 5.41) is 10.4. The molecule has 3 aromatic rings. The van der Waals surface area contributed by atoms with E-state index in [0.29, 0.717) is 41.7 Å². The summed E-state index contributed by atoms with van der Waals surface area (Å²) in [5.41, 5.74) is 0.351. The number of alkyl halides is 3. The van der Waals surface area contributed by atoms with Crippen molar-refractivity contribution in [2.45, 2.75) is 26.6 Å². The number of carboxylic acid groups (broad SMARTS) is 1. The molecule has 1 aliphatic heterocycles. The second-order valence-electron chi connectivity index (χ2n) is 8.02. The van der Waals surface area contributed by atoms with Crippen LogP contribution in [-0.4, -0.2) is 68.7 Å². The molecule has 14 heteroatoms. The average molecular weight is 537 g/mol. The van der Waals surface area contributed by atoms with Crippen molar-refractivity contribution in [3.63, 3.8) is 0 Å². The second kappa shape index (κ2) is 11.9. The zero-order valence-electron chi connectivity index (χ0n) is 21.0. The van der Waals surface area contributed by atoms with E-state index in [-0.39, 0.29) is 0 Å². The van der Waals surface area contributed by atoms with Crippen molar-refractivity contribution in [3.05, 3.63) is 45.1 Å². The lowest BCUT2D eigenvalue weighted by atomic mass is 10.3. The number of imidazole rings is 1. The van der Waals surface area contributed by atoms with E-state index < -0.39 is 23.4 Å². The van der Waals surface area contributed by atoms with E-state index in [1.807, 2.05) is 23.6 Å². The lowest BCUT2D eigenvalue weighted by Gasteiger charge is -2.28. The predicted octanol–water partition coefficient (Wildman–Crippen LogP) is 1.35. The SMILES string of the molecule is CC#CCn1c(N2CCNCC2)nc2c1c(=O)n(C)c(=O)n2-c1ccccc1OCC.O=C(O)C(F)(F)F. The van der Waals surface area contributed by atoms with Gasteiger partial charge in [0.1, 0.15) is 5.75 Å². The van der Waals surface area contributed by atoms with Crippen LogP contribution in [0.3, 0.4) is 0 Å². The lowest BCUT2D eigenvalue weighted by Crippen LogP contribution is -2.44. The molecular weight excluding hydrogens is 509 g/mol. The van der Waals surface area contributed by atoms with Crippen molar-refractivity contribution in [1.29, 1.82) is 0 Å². The normalized spacial score (nSPS) is 13.4. The maximum absolute atomic E-state index is 13.2. The molecule has 0 spiro atoms. The molecule has 38 heavy (non-hydrogen) atoms. The average Bonchev–Trinajstić information content (AvgIpc) is 3.26. The Morgan fingerprint density at radius 3 is 2.42 bits per heavy atom. The number of nitrogens with one attached hydrogen (secondary N) is 1. The summed E-state index contributed by atoms with van der Waals surface area (Å²) in [6, 6.07) is 7.28. The van der Waals surface area contributed by atoms with Crippen LogP contribution in [-0.2, 0) is 18.4 Å². The Morgan fingerprint density at radius 1 is 1.21 bits per heavy atom. The van der Waals surface area contributed by atoms with Crippen LogP contribution in [0.1, 0.15) is 13.8 Å². The van der Waals surface area contributed by atoms with E-state index in [1.165, 1.54) is 11.6 Å². The number of anilines is 1. The fourth-order valence-electron chi connectivity index (χ4n) is 3.83. The zero-order valence-corrected chi connectivity index (χ0v) is 21.0. The zero-order chi connectivity index (χ0) is 28.0. The first-order chi connectivity index (χ1) is 18.0. The summed E-state index contributed by atoms with van der Waals surface area (Å²) in [5.74, 6) is 4.38. The number of nitrogens with zero attached hydrogens (tertiary/aromatic N) is 5. The summed E-state index contributed by atoms with van der Waals surface area (Å²) in [7, 11) is 1.48. The first kappa shape index (κ1) is 28.3. The largest absolute Gasteiger partial charge is 0.492 e. The Hall–Kier alpha value is -4.25. The van der Waals surface area contributed by atoms with Crippen LogP contribution in [0.4, 0.5) is 19.1 Å². The Morgan fingerprint density at radius 2 is 1.84 bits per heavy atom. The number of halogens is 3. The van der Waals surface area contributed by atoms with Gasteiger partial charge in [-0.3, -0.25) is 13.9 Å². The first-order valence-corrected chi connectivity index (χ1v) is 11.6. The molecule has 0 bridgehead atoms. The van der Waals surface area contributed by atoms with Crippen LogP contribution in [0.2, 0.25) is 0 Å². The fourth-order valence-corrected chi connectivity index (χ4v) is 3.83. The van der Waals surface area contributed by atoms with E-state index >= 15 is 0 Å². The standard InChI is InChI=1S/C22H26N6O3.C2HF3O2/c1-4-6-13-27-18-19(24-21(27)26-14-11-23-12-15-26)28(22(30)25(3)20(18)29)16-9-7-8-10-17(16)31-5-2;3-2(4,5)1(6)7/h7-10,23H,5,11-15H2,1-3H3;(H,6,7). The Bertz CT molecular complexity index is 1490. The molecule has 3 heterocycles. The molecule has 1 aromatic carbocycles. The molecule has 4 rings (SSSR count). The highest BCUT2D eigenvalue weighted by Crippen LogP contribution is 2.26. The second-order valence-corrected chi connectivity index (χ2v) is 8.02. The summed E-state index contributed by atoms with van der Waals surface area (Å²) < 4.78 is 41.9. The highest BCUT2D eigenvalue weighted by molar-refractivity contribution is 5.77. The number of hydrogen-bond acceptors (Lipinski definition) is 7. The monoisotopic (exact) mass is 536 g/mol. The Labute approximate surface area is 215 Å². The number of fused-ring (bicyclic) bond motifs is 1. The maximum Gasteiger partial charge on any atom is 0.490 e. The Kier molecular flexibility index (Phi) is 8.84. The quantitative estimate of drug-likeness (QED) is 0.469. The molecule has 0 aliphatic carbocycles. The van der Waals surface area contributed by atoms with Crippen LogP contribution < -0.4 is 26.2 Å². The van der Waals surface area contributed by atoms with Crippen LogP contribution in [0.5, 0.6) is 5.75 Å². The van der Waals surface area contributed by atoms with Gasteiger partial charge in [0.2, 0.25) is 5.95 Å². The molecule has 0 unspecified atom stereocenters. The molecule has 0 amide bonds.